The molecule has 0 bridgehead atoms. The second-order valence-corrected chi connectivity index (χ2v) is 14.8. The van der Waals surface area contributed by atoms with Crippen LogP contribution in [-0.2, 0) is 24.7 Å². The molecule has 180 valence electrons. The summed E-state index contributed by atoms with van der Waals surface area (Å²) in [6, 6.07) is 10.3. The van der Waals surface area contributed by atoms with E-state index in [0.717, 1.165) is 0 Å². The maximum atomic E-state index is 12.9. The van der Waals surface area contributed by atoms with Gasteiger partial charge in [0.1, 0.15) is 19.8 Å². The van der Waals surface area contributed by atoms with Gasteiger partial charge in [-0.25, -0.2) is 4.79 Å². The number of benzene rings is 1. The van der Waals surface area contributed by atoms with Crippen LogP contribution in [0.15, 0.2) is 47.1 Å². The highest BCUT2D eigenvalue weighted by Gasteiger charge is 2.54. The van der Waals surface area contributed by atoms with Crippen molar-refractivity contribution in [2.45, 2.75) is 64.1 Å². The number of furan rings is 1. The van der Waals surface area contributed by atoms with Gasteiger partial charge in [-0.2, -0.15) is 0 Å². The highest BCUT2D eigenvalue weighted by atomic mass is 28.3. The summed E-state index contributed by atoms with van der Waals surface area (Å²) < 4.78 is 16.8. The Labute approximate surface area is 195 Å². The summed E-state index contributed by atoms with van der Waals surface area (Å²) in [5.41, 5.74) is -0.637. The van der Waals surface area contributed by atoms with Crippen molar-refractivity contribution in [3.63, 3.8) is 0 Å². The van der Waals surface area contributed by atoms with E-state index in [-0.39, 0.29) is 25.4 Å². The minimum atomic E-state index is -2.00. The molecule has 7 nitrogen and oxygen atoms in total. The second-order valence-electron chi connectivity index (χ2n) is 9.85. The zero-order valence-corrected chi connectivity index (χ0v) is 20.9. The first-order valence-corrected chi connectivity index (χ1v) is 14.9. The van der Waals surface area contributed by atoms with Gasteiger partial charge in [-0.3, -0.25) is 4.79 Å². The lowest BCUT2D eigenvalue weighted by molar-refractivity contribution is -0.185. The summed E-state index contributed by atoms with van der Waals surface area (Å²) in [6.45, 7) is 10.1. The van der Waals surface area contributed by atoms with Crippen LogP contribution in [0.2, 0.25) is 19.6 Å². The standard InChI is InChI=1S/C25H34O7Si/c1-6-30-22(27)19-14-16(2)20(32-23(28)21(26)17-10-8-7-9-11-17)15-25(19,29)18-12-13-31-24(18)33(3,4)5/h7-13,16,19-21,26,29H,6,14-15H2,1-5H3/t16-,19-,20-,21-,25+/m0/s1. The third-order valence-electron chi connectivity index (χ3n) is 6.32. The van der Waals surface area contributed by atoms with E-state index in [4.69, 9.17) is 13.9 Å². The fourth-order valence-corrected chi connectivity index (χ4v) is 6.10. The third kappa shape index (κ3) is 5.23. The number of carbonyl (C=O) groups excluding carboxylic acids is 2. The van der Waals surface area contributed by atoms with Crippen LogP contribution in [0.25, 0.3) is 0 Å². The van der Waals surface area contributed by atoms with Gasteiger partial charge < -0.3 is 24.1 Å². The Hall–Kier alpha value is -2.42. The lowest BCUT2D eigenvalue weighted by Gasteiger charge is -2.45. The molecule has 0 unspecified atom stereocenters. The van der Waals surface area contributed by atoms with Gasteiger partial charge in [-0.15, -0.1) is 0 Å². The molecule has 1 aromatic carbocycles. The van der Waals surface area contributed by atoms with Crippen molar-refractivity contribution in [3.05, 3.63) is 53.8 Å². The smallest absolute Gasteiger partial charge is 0.339 e. The van der Waals surface area contributed by atoms with Crippen molar-refractivity contribution in [3.8, 4) is 0 Å². The Kier molecular flexibility index (Phi) is 7.51. The fourth-order valence-electron chi connectivity index (χ4n) is 4.57. The largest absolute Gasteiger partial charge is 0.474 e. The minimum Gasteiger partial charge on any atom is -0.474 e. The first-order valence-electron chi connectivity index (χ1n) is 11.4. The van der Waals surface area contributed by atoms with Gasteiger partial charge in [-0.1, -0.05) is 56.9 Å². The lowest BCUT2D eigenvalue weighted by Crippen LogP contribution is -2.54. The average molecular weight is 475 g/mol. The topological polar surface area (TPSA) is 106 Å². The van der Waals surface area contributed by atoms with Crippen molar-refractivity contribution in [1.82, 2.24) is 0 Å². The maximum Gasteiger partial charge on any atom is 0.339 e. The van der Waals surface area contributed by atoms with Crippen LogP contribution in [0.4, 0.5) is 0 Å². The molecule has 0 spiro atoms. The molecule has 1 heterocycles. The van der Waals surface area contributed by atoms with E-state index < -0.39 is 43.7 Å². The number of carbonyl (C=O) groups is 2. The Morgan fingerprint density at radius 1 is 1.21 bits per heavy atom. The van der Waals surface area contributed by atoms with E-state index in [1.54, 1.807) is 43.3 Å². The highest BCUT2D eigenvalue weighted by Crippen LogP contribution is 2.46. The lowest BCUT2D eigenvalue weighted by atomic mass is 9.67. The Morgan fingerprint density at radius 3 is 2.48 bits per heavy atom. The molecule has 1 fully saturated rings. The van der Waals surface area contributed by atoms with Crippen LogP contribution in [0, 0.1) is 11.8 Å². The zero-order valence-electron chi connectivity index (χ0n) is 19.9. The molecule has 2 aromatic rings. The summed E-state index contributed by atoms with van der Waals surface area (Å²) in [5, 5.41) is 23.2. The molecule has 0 aliphatic heterocycles. The minimum absolute atomic E-state index is 0.00190. The SMILES string of the molecule is CCOC(=O)[C@@H]1C[C@H](C)[C@@H](OC(=O)[C@@H](O)c2ccccc2)C[C@@]1(O)c1ccoc1[Si](C)(C)C. The number of ether oxygens (including phenoxy) is 2. The summed E-state index contributed by atoms with van der Waals surface area (Å²) in [6.07, 6.45) is -0.328. The molecule has 1 aliphatic rings. The molecule has 2 N–H and O–H groups in total. The molecule has 1 aromatic heterocycles. The van der Waals surface area contributed by atoms with Crippen molar-refractivity contribution < 1.29 is 33.7 Å². The van der Waals surface area contributed by atoms with Crippen LogP contribution >= 0.6 is 0 Å². The van der Waals surface area contributed by atoms with Gasteiger partial charge in [0.15, 0.2) is 6.10 Å². The number of aliphatic hydroxyl groups is 2. The summed E-state index contributed by atoms with van der Waals surface area (Å²) in [7, 11) is -2.00. The highest BCUT2D eigenvalue weighted by molar-refractivity contribution is 6.88. The molecule has 0 radical (unpaired) electrons. The van der Waals surface area contributed by atoms with Gasteiger partial charge in [0, 0.05) is 12.0 Å². The number of rotatable bonds is 7. The van der Waals surface area contributed by atoms with E-state index >= 15 is 0 Å². The van der Waals surface area contributed by atoms with Crippen LogP contribution in [0.3, 0.4) is 0 Å². The number of esters is 2. The molecular formula is C25H34O7Si. The molecule has 1 aliphatic carbocycles. The maximum absolute atomic E-state index is 12.9. The van der Waals surface area contributed by atoms with Crippen molar-refractivity contribution >= 4 is 25.4 Å². The molecular weight excluding hydrogens is 440 g/mol. The number of hydrogen-bond donors (Lipinski definition) is 2. The summed E-state index contributed by atoms with van der Waals surface area (Å²) in [5.74, 6) is -2.32. The van der Waals surface area contributed by atoms with Crippen molar-refractivity contribution in [2.75, 3.05) is 6.61 Å². The normalized spacial score (nSPS) is 26.5. The van der Waals surface area contributed by atoms with Crippen LogP contribution < -0.4 is 5.38 Å². The van der Waals surface area contributed by atoms with Gasteiger partial charge >= 0.3 is 11.9 Å². The zero-order chi connectivity index (χ0) is 24.4. The Balaban J connectivity index is 1.93. The Morgan fingerprint density at radius 2 is 1.88 bits per heavy atom. The molecule has 0 saturated heterocycles. The van der Waals surface area contributed by atoms with Gasteiger partial charge in [0.2, 0.25) is 0 Å². The van der Waals surface area contributed by atoms with E-state index in [2.05, 4.69) is 19.6 Å². The third-order valence-corrected chi connectivity index (χ3v) is 8.07. The molecule has 5 atom stereocenters. The first kappa shape index (κ1) is 25.2. The first-order chi connectivity index (χ1) is 15.5. The van der Waals surface area contributed by atoms with E-state index in [1.807, 2.05) is 6.92 Å². The van der Waals surface area contributed by atoms with Crippen molar-refractivity contribution in [2.24, 2.45) is 11.8 Å². The van der Waals surface area contributed by atoms with E-state index in [0.29, 0.717) is 16.5 Å². The van der Waals surface area contributed by atoms with Crippen LogP contribution in [0.1, 0.15) is 43.9 Å². The summed E-state index contributed by atoms with van der Waals surface area (Å²) in [4.78, 5) is 25.6. The average Bonchev–Trinajstić information content (AvgIpc) is 3.28. The van der Waals surface area contributed by atoms with E-state index in [1.165, 1.54) is 6.26 Å². The number of hydrogen-bond acceptors (Lipinski definition) is 7. The van der Waals surface area contributed by atoms with Crippen LogP contribution in [0.5, 0.6) is 0 Å². The van der Waals surface area contributed by atoms with Gasteiger partial charge in [0.05, 0.1) is 24.2 Å². The Bertz CT molecular complexity index is 965. The predicted octanol–water partition coefficient (Wildman–Crippen LogP) is 3.27. The molecule has 1 saturated carbocycles. The molecule has 3 rings (SSSR count). The molecule has 8 heteroatoms. The molecule has 33 heavy (non-hydrogen) atoms. The van der Waals surface area contributed by atoms with Gasteiger partial charge in [-0.05, 0) is 30.9 Å². The molecule has 0 amide bonds. The number of aliphatic hydroxyl groups excluding tert-OH is 1. The monoisotopic (exact) mass is 474 g/mol. The van der Waals surface area contributed by atoms with E-state index in [9.17, 15) is 19.8 Å². The quantitative estimate of drug-likeness (QED) is 0.469. The summed E-state index contributed by atoms with van der Waals surface area (Å²) >= 11 is 0. The second kappa shape index (κ2) is 9.83. The van der Waals surface area contributed by atoms with Crippen LogP contribution in [-0.4, -0.2) is 42.9 Å². The van der Waals surface area contributed by atoms with Crippen molar-refractivity contribution in [1.29, 1.82) is 0 Å². The van der Waals surface area contributed by atoms with Gasteiger partial charge in [0.25, 0.3) is 0 Å². The predicted molar refractivity (Wildman–Crippen MR) is 125 cm³/mol. The fraction of sp³-hybridized carbons (Fsp3) is 0.520.